The summed E-state index contributed by atoms with van der Waals surface area (Å²) >= 11 is 0. The Morgan fingerprint density at radius 1 is 0.448 bits per heavy atom. The molecular formula is C76H137NO10. The third-order valence-electron chi connectivity index (χ3n) is 17.1. The molecule has 1 heterocycles. The van der Waals surface area contributed by atoms with Gasteiger partial charge in [-0.1, -0.05) is 306 Å². The van der Waals surface area contributed by atoms with Gasteiger partial charge in [-0.3, -0.25) is 9.59 Å². The van der Waals surface area contributed by atoms with Crippen LogP contribution in [0.3, 0.4) is 0 Å². The molecule has 8 unspecified atom stereocenters. The summed E-state index contributed by atoms with van der Waals surface area (Å²) < 4.78 is 17.7. The molecule has 8 atom stereocenters. The highest BCUT2D eigenvalue weighted by atomic mass is 16.7. The lowest BCUT2D eigenvalue weighted by atomic mass is 9.99. The number of allylic oxidation sites excluding steroid dienone is 11. The van der Waals surface area contributed by atoms with Crippen LogP contribution in [-0.2, 0) is 23.8 Å². The van der Waals surface area contributed by atoms with Gasteiger partial charge in [-0.25, -0.2) is 0 Å². The molecule has 11 heteroatoms. The van der Waals surface area contributed by atoms with E-state index >= 15 is 0 Å². The van der Waals surface area contributed by atoms with Crippen LogP contribution in [0.1, 0.15) is 335 Å². The van der Waals surface area contributed by atoms with E-state index in [0.717, 1.165) is 83.5 Å². The standard InChI is InChI=1S/C76H137NO10/c1-4-7-10-13-16-19-22-25-27-29-31-32-33-34-35-36-37-38-39-41-43-46-49-52-55-58-61-64-71(81)87-74-73(83)72(82)70(65-78)86-76(74)85-66-67(68(79)62-59-56-53-50-47-44-24-21-18-15-12-9-6-3)77-75(84)69(80)63-60-57-54-51-48-45-42-40-30-28-26-23-20-17-14-11-8-5-2/h16-17,19-20,25-28,31-32,59,62,67-70,72-74,76,78-80,82-83H,4-15,18,21-24,29-30,33-58,60-61,63-66H2,1-3H3,(H,77,84)/b19-16-,20-17-,27-25-,28-26-,32-31-,62-59+. The fourth-order valence-corrected chi connectivity index (χ4v) is 11.3. The number of ether oxygens (including phenoxy) is 3. The minimum atomic E-state index is -1.62. The van der Waals surface area contributed by atoms with Gasteiger partial charge in [-0.15, -0.1) is 0 Å². The summed E-state index contributed by atoms with van der Waals surface area (Å²) in [6, 6.07) is -1.03. The fourth-order valence-electron chi connectivity index (χ4n) is 11.3. The molecule has 6 N–H and O–H groups in total. The van der Waals surface area contributed by atoms with Gasteiger partial charge >= 0.3 is 5.97 Å². The number of unbranched alkanes of at least 4 members (excludes halogenated alkanes) is 39. The zero-order valence-electron chi connectivity index (χ0n) is 56.4. The van der Waals surface area contributed by atoms with Crippen molar-refractivity contribution in [3.8, 4) is 0 Å². The van der Waals surface area contributed by atoms with Crippen molar-refractivity contribution in [3.63, 3.8) is 0 Å². The van der Waals surface area contributed by atoms with E-state index in [2.05, 4.69) is 86.8 Å². The van der Waals surface area contributed by atoms with Crippen LogP contribution in [0.4, 0.5) is 0 Å². The lowest BCUT2D eigenvalue weighted by Crippen LogP contribution is -2.61. The van der Waals surface area contributed by atoms with E-state index in [9.17, 15) is 35.1 Å². The zero-order chi connectivity index (χ0) is 63.1. The van der Waals surface area contributed by atoms with Crippen LogP contribution in [0.15, 0.2) is 72.9 Å². The molecule has 0 radical (unpaired) electrons. The van der Waals surface area contributed by atoms with Gasteiger partial charge in [0.15, 0.2) is 12.4 Å². The first-order chi connectivity index (χ1) is 42.7. The van der Waals surface area contributed by atoms with Gasteiger partial charge in [-0.05, 0) is 96.3 Å². The summed E-state index contributed by atoms with van der Waals surface area (Å²) in [5, 5.41) is 57.3. The van der Waals surface area contributed by atoms with E-state index in [4.69, 9.17) is 14.2 Å². The number of aliphatic hydroxyl groups is 5. The van der Waals surface area contributed by atoms with E-state index < -0.39 is 67.4 Å². The zero-order valence-corrected chi connectivity index (χ0v) is 56.4. The Morgan fingerprint density at radius 3 is 1.21 bits per heavy atom. The van der Waals surface area contributed by atoms with Crippen molar-refractivity contribution in [2.75, 3.05) is 13.2 Å². The molecule has 0 bridgehead atoms. The molecule has 1 fully saturated rings. The summed E-state index contributed by atoms with van der Waals surface area (Å²) in [6.45, 7) is 5.78. The average Bonchev–Trinajstić information content (AvgIpc) is 2.51. The summed E-state index contributed by atoms with van der Waals surface area (Å²) in [5.41, 5.74) is 0. The van der Waals surface area contributed by atoms with Crippen molar-refractivity contribution in [3.05, 3.63) is 72.9 Å². The quantitative estimate of drug-likeness (QED) is 0.0195. The number of nitrogens with one attached hydrogen (secondary N) is 1. The molecule has 1 amide bonds. The predicted octanol–water partition coefficient (Wildman–Crippen LogP) is 19.1. The summed E-state index contributed by atoms with van der Waals surface area (Å²) in [5.74, 6) is -1.19. The molecule has 0 aliphatic carbocycles. The highest BCUT2D eigenvalue weighted by molar-refractivity contribution is 5.80. The van der Waals surface area contributed by atoms with Crippen molar-refractivity contribution in [1.29, 1.82) is 0 Å². The van der Waals surface area contributed by atoms with Crippen molar-refractivity contribution in [2.45, 2.75) is 384 Å². The molecule has 87 heavy (non-hydrogen) atoms. The third kappa shape index (κ3) is 50.4. The molecule has 0 aromatic carbocycles. The molecule has 1 saturated heterocycles. The van der Waals surface area contributed by atoms with Crippen LogP contribution in [-0.4, -0.2) is 99.6 Å². The minimum Gasteiger partial charge on any atom is -0.454 e. The van der Waals surface area contributed by atoms with E-state index in [-0.39, 0.29) is 19.4 Å². The molecule has 11 nitrogen and oxygen atoms in total. The molecule has 0 saturated carbocycles. The second-order valence-electron chi connectivity index (χ2n) is 25.3. The predicted molar refractivity (Wildman–Crippen MR) is 366 cm³/mol. The SMILES string of the molecule is CCCCC/C=C\C/C=C\C/C=C\CCCCCCCCCCCCCCCCC(=O)OC1C(OCC(NC(=O)C(O)CCCCCCCCCC/C=C\C/C=C\CCCCC)C(O)/C=C/CCCCCCCCCCCCC)OC(CO)C(O)C1O. The number of hydrogen-bond donors (Lipinski definition) is 6. The Labute approximate surface area is 534 Å². The van der Waals surface area contributed by atoms with Crippen molar-refractivity contribution in [1.82, 2.24) is 5.32 Å². The molecule has 1 rings (SSSR count). The molecule has 1 aliphatic heterocycles. The monoisotopic (exact) mass is 1220 g/mol. The maximum atomic E-state index is 13.5. The lowest BCUT2D eigenvalue weighted by Gasteiger charge is -2.41. The van der Waals surface area contributed by atoms with Crippen LogP contribution in [0.5, 0.6) is 0 Å². The van der Waals surface area contributed by atoms with Gasteiger partial charge in [0.25, 0.3) is 0 Å². The number of hydrogen-bond acceptors (Lipinski definition) is 10. The number of aliphatic hydroxyl groups excluding tert-OH is 5. The topological polar surface area (TPSA) is 175 Å². The minimum absolute atomic E-state index is 0.121. The normalized spacial score (nSPS) is 18.6. The average molecular weight is 1220 g/mol. The Hall–Kier alpha value is -2.90. The Balaban J connectivity index is 2.55. The van der Waals surface area contributed by atoms with Crippen molar-refractivity contribution in [2.24, 2.45) is 0 Å². The maximum absolute atomic E-state index is 13.5. The summed E-state index contributed by atoms with van der Waals surface area (Å²) in [4.78, 5) is 26.7. The van der Waals surface area contributed by atoms with Gasteiger partial charge in [0.2, 0.25) is 5.91 Å². The molecular weight excluding hydrogens is 1090 g/mol. The lowest BCUT2D eigenvalue weighted by molar-refractivity contribution is -0.305. The molecule has 0 aromatic rings. The van der Waals surface area contributed by atoms with E-state index in [1.54, 1.807) is 6.08 Å². The second kappa shape index (κ2) is 63.3. The number of carbonyl (C=O) groups excluding carboxylic acids is 2. The van der Waals surface area contributed by atoms with Crippen LogP contribution in [0, 0.1) is 0 Å². The molecule has 0 aromatic heterocycles. The Morgan fingerprint density at radius 2 is 0.793 bits per heavy atom. The Kier molecular flexibility index (Phi) is 59.7. The number of carbonyl (C=O) groups is 2. The molecule has 0 spiro atoms. The van der Waals surface area contributed by atoms with Gasteiger partial charge in [0.05, 0.1) is 25.4 Å². The third-order valence-corrected chi connectivity index (χ3v) is 17.1. The number of rotatable bonds is 63. The first-order valence-electron chi connectivity index (χ1n) is 36.7. The second-order valence-corrected chi connectivity index (χ2v) is 25.3. The highest BCUT2D eigenvalue weighted by Crippen LogP contribution is 2.26. The van der Waals surface area contributed by atoms with Gasteiger partial charge in [0, 0.05) is 6.42 Å². The van der Waals surface area contributed by atoms with Crippen LogP contribution >= 0.6 is 0 Å². The number of esters is 1. The number of amides is 1. The smallest absolute Gasteiger partial charge is 0.306 e. The van der Waals surface area contributed by atoms with Crippen LogP contribution < -0.4 is 5.32 Å². The summed E-state index contributed by atoms with van der Waals surface area (Å²) in [6.07, 6.45) is 72.2. The van der Waals surface area contributed by atoms with Crippen molar-refractivity contribution < 1.29 is 49.3 Å². The first kappa shape index (κ1) is 82.1. The van der Waals surface area contributed by atoms with Gasteiger partial charge < -0.3 is 45.1 Å². The molecule has 1 aliphatic rings. The fraction of sp³-hybridized carbons (Fsp3) is 0.816. The van der Waals surface area contributed by atoms with Crippen LogP contribution in [0.2, 0.25) is 0 Å². The van der Waals surface area contributed by atoms with Crippen LogP contribution in [0.25, 0.3) is 0 Å². The molecule has 506 valence electrons. The van der Waals surface area contributed by atoms with E-state index in [1.807, 2.05) is 6.08 Å². The van der Waals surface area contributed by atoms with E-state index in [0.29, 0.717) is 12.8 Å². The largest absolute Gasteiger partial charge is 0.454 e. The summed E-state index contributed by atoms with van der Waals surface area (Å²) in [7, 11) is 0. The van der Waals surface area contributed by atoms with Gasteiger partial charge in [0.1, 0.15) is 24.4 Å². The van der Waals surface area contributed by atoms with Crippen molar-refractivity contribution >= 4 is 11.9 Å². The van der Waals surface area contributed by atoms with E-state index in [1.165, 1.54) is 205 Å². The maximum Gasteiger partial charge on any atom is 0.306 e. The van der Waals surface area contributed by atoms with Gasteiger partial charge in [-0.2, -0.15) is 0 Å². The Bertz CT molecular complexity index is 1690. The first-order valence-corrected chi connectivity index (χ1v) is 36.7. The highest BCUT2D eigenvalue weighted by Gasteiger charge is 2.47.